The first-order chi connectivity index (χ1) is 15.5. The standard InChI is InChI=1S/C28H44O3S.Na/c1-3-5-7-9-11-13-15-17-24-19-20-25-21-22-28(32(29,30)31)26(27(25)23-24)18-16-14-12-10-8-6-4-2;/h19-23H,3-18H2,1-2H3,(H,29,30,31);/q;+1/p-1. The first-order valence-corrected chi connectivity index (χ1v) is 14.4. The Morgan fingerprint density at radius 3 is 1.70 bits per heavy atom. The van der Waals surface area contributed by atoms with Crippen molar-refractivity contribution in [1.29, 1.82) is 0 Å². The number of fused-ring (bicyclic) bond motifs is 1. The molecule has 0 heterocycles. The Kier molecular flexibility index (Phi) is 15.9. The summed E-state index contributed by atoms with van der Waals surface area (Å²) in [4.78, 5) is -0.0240. The van der Waals surface area contributed by atoms with E-state index in [0.29, 0.717) is 6.42 Å². The number of benzene rings is 2. The molecule has 180 valence electrons. The van der Waals surface area contributed by atoms with Gasteiger partial charge in [-0.1, -0.05) is 115 Å². The van der Waals surface area contributed by atoms with Crippen molar-refractivity contribution in [2.45, 2.75) is 121 Å². The molecule has 0 saturated carbocycles. The van der Waals surface area contributed by atoms with Crippen LogP contribution < -0.4 is 29.6 Å². The van der Waals surface area contributed by atoms with Crippen molar-refractivity contribution >= 4 is 20.9 Å². The molecule has 3 nitrogen and oxygen atoms in total. The van der Waals surface area contributed by atoms with Gasteiger partial charge in [0.05, 0.1) is 4.90 Å². The fraction of sp³-hybridized carbons (Fsp3) is 0.643. The second-order valence-electron chi connectivity index (χ2n) is 9.29. The van der Waals surface area contributed by atoms with E-state index in [1.54, 1.807) is 6.07 Å². The molecule has 0 unspecified atom stereocenters. The van der Waals surface area contributed by atoms with Crippen LogP contribution in [0.3, 0.4) is 0 Å². The maximum atomic E-state index is 12.0. The van der Waals surface area contributed by atoms with Crippen LogP contribution in [0.25, 0.3) is 10.8 Å². The molecule has 0 aliphatic carbocycles. The van der Waals surface area contributed by atoms with Gasteiger partial charge >= 0.3 is 29.6 Å². The van der Waals surface area contributed by atoms with Gasteiger partial charge in [-0.05, 0) is 53.6 Å². The quantitative estimate of drug-likeness (QED) is 0.174. The van der Waals surface area contributed by atoms with Crippen LogP contribution in [-0.4, -0.2) is 13.0 Å². The third-order valence-electron chi connectivity index (χ3n) is 6.52. The molecular formula is C28H43NaO3S. The molecule has 2 aromatic carbocycles. The van der Waals surface area contributed by atoms with Gasteiger partial charge < -0.3 is 4.55 Å². The van der Waals surface area contributed by atoms with Gasteiger partial charge in [-0.2, -0.15) is 0 Å². The largest absolute Gasteiger partial charge is 1.00 e. The topological polar surface area (TPSA) is 57.2 Å². The van der Waals surface area contributed by atoms with Crippen molar-refractivity contribution in [2.75, 3.05) is 0 Å². The Labute approximate surface area is 225 Å². The molecule has 0 N–H and O–H groups in total. The SMILES string of the molecule is CCCCCCCCCc1ccc2ccc(S(=O)(=O)[O-])c(CCCCCCCCC)c2c1.[Na+]. The summed E-state index contributed by atoms with van der Waals surface area (Å²) in [6.07, 6.45) is 18.8. The minimum atomic E-state index is -4.47. The minimum absolute atomic E-state index is 0. The molecule has 2 aromatic rings. The minimum Gasteiger partial charge on any atom is -0.744 e. The normalized spacial score (nSPS) is 11.6. The zero-order chi connectivity index (χ0) is 23.2. The van der Waals surface area contributed by atoms with Crippen molar-refractivity contribution in [3.8, 4) is 0 Å². The van der Waals surface area contributed by atoms with Crippen molar-refractivity contribution in [1.82, 2.24) is 0 Å². The van der Waals surface area contributed by atoms with Crippen molar-refractivity contribution in [2.24, 2.45) is 0 Å². The van der Waals surface area contributed by atoms with Gasteiger partial charge in [-0.15, -0.1) is 0 Å². The van der Waals surface area contributed by atoms with E-state index in [4.69, 9.17) is 0 Å². The van der Waals surface area contributed by atoms with E-state index in [1.165, 1.54) is 82.3 Å². The van der Waals surface area contributed by atoms with Gasteiger partial charge in [0.15, 0.2) is 0 Å². The Balaban J connectivity index is 0.00000544. The number of rotatable bonds is 17. The summed E-state index contributed by atoms with van der Waals surface area (Å²) in [7, 11) is -4.47. The molecule has 33 heavy (non-hydrogen) atoms. The second kappa shape index (κ2) is 17.1. The van der Waals surface area contributed by atoms with Crippen LogP contribution in [0.5, 0.6) is 0 Å². The van der Waals surface area contributed by atoms with Gasteiger partial charge in [-0.25, -0.2) is 8.42 Å². The van der Waals surface area contributed by atoms with Crippen LogP contribution in [0, 0.1) is 0 Å². The predicted octanol–water partition coefficient (Wildman–Crippen LogP) is 5.33. The molecule has 0 aromatic heterocycles. The summed E-state index contributed by atoms with van der Waals surface area (Å²) in [5.74, 6) is 0. The Morgan fingerprint density at radius 2 is 1.15 bits per heavy atom. The van der Waals surface area contributed by atoms with E-state index in [1.807, 2.05) is 0 Å². The number of hydrogen-bond donors (Lipinski definition) is 0. The molecule has 0 aliphatic rings. The van der Waals surface area contributed by atoms with Crippen LogP contribution >= 0.6 is 0 Å². The Hall–Kier alpha value is -0.390. The molecule has 0 atom stereocenters. The zero-order valence-corrected chi connectivity index (χ0v) is 24.1. The van der Waals surface area contributed by atoms with E-state index in [-0.39, 0.29) is 34.5 Å². The van der Waals surface area contributed by atoms with Crippen LogP contribution in [-0.2, 0) is 23.0 Å². The van der Waals surface area contributed by atoms with E-state index in [2.05, 4.69) is 32.0 Å². The van der Waals surface area contributed by atoms with Crippen LogP contribution in [0.2, 0.25) is 0 Å². The molecular weight excluding hydrogens is 439 g/mol. The number of aryl methyl sites for hydroxylation is 2. The first kappa shape index (κ1) is 30.6. The predicted molar refractivity (Wildman–Crippen MR) is 135 cm³/mol. The zero-order valence-electron chi connectivity index (χ0n) is 21.3. The second-order valence-corrected chi connectivity index (χ2v) is 10.6. The van der Waals surface area contributed by atoms with E-state index >= 15 is 0 Å². The van der Waals surface area contributed by atoms with Gasteiger partial charge in [0.1, 0.15) is 10.1 Å². The van der Waals surface area contributed by atoms with Gasteiger partial charge in [-0.3, -0.25) is 0 Å². The summed E-state index contributed by atoms with van der Waals surface area (Å²) < 4.78 is 35.9. The molecule has 0 radical (unpaired) electrons. The van der Waals surface area contributed by atoms with E-state index < -0.39 is 10.1 Å². The molecule has 0 bridgehead atoms. The monoisotopic (exact) mass is 482 g/mol. The molecule has 0 spiro atoms. The Morgan fingerprint density at radius 1 is 0.667 bits per heavy atom. The number of unbranched alkanes of at least 4 members (excludes halogenated alkanes) is 12. The average molecular weight is 483 g/mol. The third-order valence-corrected chi connectivity index (χ3v) is 7.44. The maximum absolute atomic E-state index is 12.0. The van der Waals surface area contributed by atoms with Crippen LogP contribution in [0.4, 0.5) is 0 Å². The fourth-order valence-corrected chi connectivity index (χ4v) is 5.35. The fourth-order valence-electron chi connectivity index (χ4n) is 4.60. The molecule has 2 rings (SSSR count). The van der Waals surface area contributed by atoms with E-state index in [9.17, 15) is 13.0 Å². The summed E-state index contributed by atoms with van der Waals surface area (Å²) >= 11 is 0. The summed E-state index contributed by atoms with van der Waals surface area (Å²) in [6.45, 7) is 4.46. The van der Waals surface area contributed by atoms with Crippen molar-refractivity contribution < 1.29 is 42.5 Å². The molecule has 0 saturated heterocycles. The third kappa shape index (κ3) is 11.3. The summed E-state index contributed by atoms with van der Waals surface area (Å²) in [5.41, 5.74) is 1.97. The molecule has 0 aliphatic heterocycles. The van der Waals surface area contributed by atoms with Gasteiger partial charge in [0.2, 0.25) is 0 Å². The number of hydrogen-bond acceptors (Lipinski definition) is 3. The van der Waals surface area contributed by atoms with Crippen LogP contribution in [0.15, 0.2) is 35.2 Å². The Bertz CT molecular complexity index is 909. The smallest absolute Gasteiger partial charge is 0.744 e. The van der Waals surface area contributed by atoms with Gasteiger partial charge in [0.25, 0.3) is 0 Å². The van der Waals surface area contributed by atoms with Crippen molar-refractivity contribution in [3.05, 3.63) is 41.5 Å². The van der Waals surface area contributed by atoms with Gasteiger partial charge in [0, 0.05) is 0 Å². The van der Waals surface area contributed by atoms with Crippen molar-refractivity contribution in [3.63, 3.8) is 0 Å². The van der Waals surface area contributed by atoms with Crippen LogP contribution in [0.1, 0.15) is 115 Å². The first-order valence-electron chi connectivity index (χ1n) is 13.0. The average Bonchev–Trinajstić information content (AvgIpc) is 2.77. The molecule has 5 heteroatoms. The molecule has 0 fully saturated rings. The molecule has 0 amide bonds. The maximum Gasteiger partial charge on any atom is 1.00 e. The van der Waals surface area contributed by atoms with E-state index in [0.717, 1.165) is 42.0 Å². The summed E-state index contributed by atoms with van der Waals surface area (Å²) in [5, 5.41) is 1.98. The summed E-state index contributed by atoms with van der Waals surface area (Å²) in [6, 6.07) is 9.67.